The highest BCUT2D eigenvalue weighted by molar-refractivity contribution is 6.33. The third kappa shape index (κ3) is 3.17. The first-order valence-corrected chi connectivity index (χ1v) is 7.07. The van der Waals surface area contributed by atoms with Gasteiger partial charge in [0.05, 0.1) is 5.69 Å². The van der Waals surface area contributed by atoms with Gasteiger partial charge >= 0.3 is 0 Å². The van der Waals surface area contributed by atoms with Gasteiger partial charge in [-0.1, -0.05) is 30.7 Å². The van der Waals surface area contributed by atoms with Crippen molar-refractivity contribution in [1.29, 1.82) is 0 Å². The Kier molecular flexibility index (Phi) is 4.61. The van der Waals surface area contributed by atoms with Crippen LogP contribution < -0.4 is 5.32 Å². The molecule has 0 aliphatic carbocycles. The van der Waals surface area contributed by atoms with Crippen LogP contribution in [0.2, 0.25) is 5.02 Å². The van der Waals surface area contributed by atoms with Crippen molar-refractivity contribution in [3.63, 3.8) is 0 Å². The molecule has 19 heavy (non-hydrogen) atoms. The van der Waals surface area contributed by atoms with Gasteiger partial charge in [0.2, 0.25) is 0 Å². The molecule has 102 valence electrons. The molecule has 2 rings (SSSR count). The lowest BCUT2D eigenvalue weighted by atomic mass is 10.0. The minimum absolute atomic E-state index is 0.786. The van der Waals surface area contributed by atoms with E-state index in [0.29, 0.717) is 0 Å². The Labute approximate surface area is 119 Å². The largest absolute Gasteiger partial charge is 0.313 e. The SMILES string of the molecule is CCNCc1ccc(-c2cn(CC)nc2C)c(Cl)c1. The summed E-state index contributed by atoms with van der Waals surface area (Å²) in [6.07, 6.45) is 2.06. The number of aromatic nitrogens is 2. The summed E-state index contributed by atoms with van der Waals surface area (Å²) in [6, 6.07) is 6.23. The first kappa shape index (κ1) is 14.1. The molecule has 1 aromatic carbocycles. The van der Waals surface area contributed by atoms with E-state index in [0.717, 1.165) is 41.5 Å². The standard InChI is InChI=1S/C15H20ClN3/c1-4-17-9-12-6-7-13(15(16)8-12)14-10-19(5-2)18-11(14)3/h6-8,10,17H,4-5,9H2,1-3H3. The Bertz CT molecular complexity index is 561. The van der Waals surface area contributed by atoms with Crippen LogP contribution in [-0.2, 0) is 13.1 Å². The topological polar surface area (TPSA) is 29.9 Å². The summed E-state index contributed by atoms with van der Waals surface area (Å²) in [5.74, 6) is 0. The molecule has 0 spiro atoms. The number of hydrogen-bond acceptors (Lipinski definition) is 2. The number of hydrogen-bond donors (Lipinski definition) is 1. The molecule has 0 aliphatic heterocycles. The van der Waals surface area contributed by atoms with Gasteiger partial charge in [-0.25, -0.2) is 0 Å². The van der Waals surface area contributed by atoms with Crippen molar-refractivity contribution >= 4 is 11.6 Å². The molecule has 0 saturated heterocycles. The number of halogens is 1. The number of nitrogens with zero attached hydrogens (tertiary/aromatic N) is 2. The molecule has 0 aliphatic rings. The quantitative estimate of drug-likeness (QED) is 0.904. The maximum Gasteiger partial charge on any atom is 0.0672 e. The Morgan fingerprint density at radius 2 is 2.05 bits per heavy atom. The molecule has 1 aromatic heterocycles. The summed E-state index contributed by atoms with van der Waals surface area (Å²) in [4.78, 5) is 0. The molecule has 0 atom stereocenters. The fraction of sp³-hybridized carbons (Fsp3) is 0.400. The van der Waals surface area contributed by atoms with Gasteiger partial charge in [-0.3, -0.25) is 4.68 Å². The van der Waals surface area contributed by atoms with Crippen molar-refractivity contribution in [2.45, 2.75) is 33.9 Å². The number of nitrogens with one attached hydrogen (secondary N) is 1. The van der Waals surface area contributed by atoms with Crippen LogP contribution in [0.4, 0.5) is 0 Å². The van der Waals surface area contributed by atoms with Crippen LogP contribution in [0.5, 0.6) is 0 Å². The summed E-state index contributed by atoms with van der Waals surface area (Å²) in [5.41, 5.74) is 4.39. The van der Waals surface area contributed by atoms with Crippen molar-refractivity contribution in [2.75, 3.05) is 6.54 Å². The molecule has 0 radical (unpaired) electrons. The van der Waals surface area contributed by atoms with Gasteiger partial charge in [0.1, 0.15) is 0 Å². The molecular weight excluding hydrogens is 258 g/mol. The van der Waals surface area contributed by atoms with Crippen molar-refractivity contribution in [3.05, 3.63) is 40.7 Å². The van der Waals surface area contributed by atoms with Gasteiger partial charge in [0, 0.05) is 35.4 Å². The normalized spacial score (nSPS) is 10.9. The Balaban J connectivity index is 2.32. The van der Waals surface area contributed by atoms with Crippen LogP contribution in [0.25, 0.3) is 11.1 Å². The smallest absolute Gasteiger partial charge is 0.0672 e. The van der Waals surface area contributed by atoms with E-state index in [9.17, 15) is 0 Å². The van der Waals surface area contributed by atoms with Crippen molar-refractivity contribution in [1.82, 2.24) is 15.1 Å². The fourth-order valence-corrected chi connectivity index (χ4v) is 2.41. The average molecular weight is 278 g/mol. The average Bonchev–Trinajstić information content (AvgIpc) is 2.78. The Morgan fingerprint density at radius 1 is 1.26 bits per heavy atom. The highest BCUT2D eigenvalue weighted by Gasteiger charge is 2.10. The van der Waals surface area contributed by atoms with Crippen LogP contribution >= 0.6 is 11.6 Å². The van der Waals surface area contributed by atoms with Crippen LogP contribution in [-0.4, -0.2) is 16.3 Å². The molecule has 1 heterocycles. The molecule has 0 amide bonds. The van der Waals surface area contributed by atoms with Crippen LogP contribution in [0.15, 0.2) is 24.4 Å². The van der Waals surface area contributed by atoms with Gasteiger partial charge in [0.15, 0.2) is 0 Å². The number of benzene rings is 1. The van der Waals surface area contributed by atoms with E-state index in [1.165, 1.54) is 5.56 Å². The van der Waals surface area contributed by atoms with Gasteiger partial charge < -0.3 is 5.32 Å². The third-order valence-electron chi connectivity index (χ3n) is 3.17. The molecule has 0 bridgehead atoms. The summed E-state index contributed by atoms with van der Waals surface area (Å²) < 4.78 is 1.94. The van der Waals surface area contributed by atoms with Crippen LogP contribution in [0.3, 0.4) is 0 Å². The summed E-state index contributed by atoms with van der Waals surface area (Å²) >= 11 is 6.40. The van der Waals surface area contributed by atoms with E-state index in [-0.39, 0.29) is 0 Å². The zero-order valence-electron chi connectivity index (χ0n) is 11.7. The zero-order valence-corrected chi connectivity index (χ0v) is 12.5. The molecule has 2 aromatic rings. The Morgan fingerprint density at radius 3 is 2.63 bits per heavy atom. The Hall–Kier alpha value is -1.32. The highest BCUT2D eigenvalue weighted by atomic mass is 35.5. The summed E-state index contributed by atoms with van der Waals surface area (Å²) in [5, 5.41) is 8.55. The molecule has 0 saturated carbocycles. The third-order valence-corrected chi connectivity index (χ3v) is 3.49. The van der Waals surface area contributed by atoms with E-state index in [2.05, 4.69) is 42.6 Å². The van der Waals surface area contributed by atoms with Gasteiger partial charge in [-0.15, -0.1) is 0 Å². The van der Waals surface area contributed by atoms with E-state index < -0.39 is 0 Å². The zero-order chi connectivity index (χ0) is 13.8. The van der Waals surface area contributed by atoms with E-state index in [1.54, 1.807) is 0 Å². The lowest BCUT2D eigenvalue weighted by Gasteiger charge is -2.07. The minimum atomic E-state index is 0.786. The molecule has 0 fully saturated rings. The fourth-order valence-electron chi connectivity index (χ4n) is 2.10. The van der Waals surface area contributed by atoms with Gasteiger partial charge in [-0.05, 0) is 32.0 Å². The first-order valence-electron chi connectivity index (χ1n) is 6.69. The van der Waals surface area contributed by atoms with Gasteiger partial charge in [-0.2, -0.15) is 5.10 Å². The van der Waals surface area contributed by atoms with E-state index in [4.69, 9.17) is 11.6 Å². The van der Waals surface area contributed by atoms with E-state index >= 15 is 0 Å². The van der Waals surface area contributed by atoms with Gasteiger partial charge in [0.25, 0.3) is 0 Å². The maximum atomic E-state index is 6.40. The van der Waals surface area contributed by atoms with Crippen LogP contribution in [0, 0.1) is 6.92 Å². The lowest BCUT2D eigenvalue weighted by molar-refractivity contribution is 0.653. The molecule has 3 nitrogen and oxygen atoms in total. The maximum absolute atomic E-state index is 6.40. The second kappa shape index (κ2) is 6.22. The predicted molar refractivity (Wildman–Crippen MR) is 80.5 cm³/mol. The number of aryl methyl sites for hydroxylation is 2. The second-order valence-corrected chi connectivity index (χ2v) is 4.99. The van der Waals surface area contributed by atoms with Crippen LogP contribution in [0.1, 0.15) is 25.1 Å². The molecule has 1 N–H and O–H groups in total. The number of rotatable bonds is 5. The molecule has 4 heteroatoms. The monoisotopic (exact) mass is 277 g/mol. The first-order chi connectivity index (χ1) is 9.15. The van der Waals surface area contributed by atoms with E-state index in [1.807, 2.05) is 17.7 Å². The molecule has 0 unspecified atom stereocenters. The van der Waals surface area contributed by atoms with Crippen molar-refractivity contribution < 1.29 is 0 Å². The highest BCUT2D eigenvalue weighted by Crippen LogP contribution is 2.30. The lowest BCUT2D eigenvalue weighted by Crippen LogP contribution is -2.11. The predicted octanol–water partition coefficient (Wildman–Crippen LogP) is 3.64. The summed E-state index contributed by atoms with van der Waals surface area (Å²) in [6.45, 7) is 8.88. The summed E-state index contributed by atoms with van der Waals surface area (Å²) in [7, 11) is 0. The molecular formula is C15H20ClN3. The minimum Gasteiger partial charge on any atom is -0.313 e. The van der Waals surface area contributed by atoms with Crippen molar-refractivity contribution in [2.24, 2.45) is 0 Å². The second-order valence-electron chi connectivity index (χ2n) is 4.58. The van der Waals surface area contributed by atoms with Crippen molar-refractivity contribution in [3.8, 4) is 11.1 Å².